The van der Waals surface area contributed by atoms with Crippen molar-refractivity contribution in [3.63, 3.8) is 0 Å². The molecule has 1 atom stereocenters. The first-order chi connectivity index (χ1) is 8.69. The van der Waals surface area contributed by atoms with Crippen molar-refractivity contribution in [1.82, 2.24) is 4.98 Å². The maximum absolute atomic E-state index is 8.70. The molecule has 1 heterocycles. The zero-order valence-corrected chi connectivity index (χ0v) is 10.5. The third-order valence-corrected chi connectivity index (χ3v) is 2.83. The summed E-state index contributed by atoms with van der Waals surface area (Å²) in [7, 11) is 0. The zero-order valence-electron chi connectivity index (χ0n) is 10.5. The van der Waals surface area contributed by atoms with Crippen molar-refractivity contribution in [1.29, 1.82) is 5.26 Å². The first-order valence-corrected chi connectivity index (χ1v) is 5.88. The van der Waals surface area contributed by atoms with Gasteiger partial charge in [-0.15, -0.1) is 0 Å². The first kappa shape index (κ1) is 12.1. The highest BCUT2D eigenvalue weighted by Crippen LogP contribution is 2.18. The number of rotatable bonds is 3. The number of pyridine rings is 1. The van der Waals surface area contributed by atoms with E-state index in [1.807, 2.05) is 6.07 Å². The van der Waals surface area contributed by atoms with Gasteiger partial charge in [-0.25, -0.2) is 4.98 Å². The summed E-state index contributed by atoms with van der Waals surface area (Å²) >= 11 is 0. The molecule has 1 aromatic carbocycles. The van der Waals surface area contributed by atoms with Crippen molar-refractivity contribution < 1.29 is 0 Å². The van der Waals surface area contributed by atoms with Crippen LogP contribution in [0.1, 0.15) is 29.7 Å². The van der Waals surface area contributed by atoms with Crippen molar-refractivity contribution in [3.05, 3.63) is 59.3 Å². The molecular formula is C15H15N3. The topological polar surface area (TPSA) is 48.7 Å². The standard InChI is InChI=1S/C15H15N3/c1-11-3-6-14(7-4-11)12(2)18-15-8-5-13(9-16)10-17-15/h3-8,10,12H,1-2H3,(H,17,18). The van der Waals surface area contributed by atoms with E-state index < -0.39 is 0 Å². The second-order valence-electron chi connectivity index (χ2n) is 4.32. The van der Waals surface area contributed by atoms with Gasteiger partial charge in [0.2, 0.25) is 0 Å². The van der Waals surface area contributed by atoms with Crippen molar-refractivity contribution in [3.8, 4) is 6.07 Å². The Balaban J connectivity index is 2.08. The van der Waals surface area contributed by atoms with Crippen LogP contribution in [-0.4, -0.2) is 4.98 Å². The second-order valence-corrected chi connectivity index (χ2v) is 4.32. The average Bonchev–Trinajstić information content (AvgIpc) is 2.40. The monoisotopic (exact) mass is 237 g/mol. The van der Waals surface area contributed by atoms with Gasteiger partial charge in [-0.3, -0.25) is 0 Å². The Hall–Kier alpha value is -2.34. The van der Waals surface area contributed by atoms with Gasteiger partial charge in [-0.05, 0) is 31.5 Å². The quantitative estimate of drug-likeness (QED) is 0.889. The van der Waals surface area contributed by atoms with Gasteiger partial charge in [-0.2, -0.15) is 5.26 Å². The molecule has 90 valence electrons. The van der Waals surface area contributed by atoms with E-state index in [-0.39, 0.29) is 6.04 Å². The Bertz CT molecular complexity index is 550. The number of anilines is 1. The van der Waals surface area contributed by atoms with Crippen LogP contribution in [0.5, 0.6) is 0 Å². The Morgan fingerprint density at radius 3 is 2.44 bits per heavy atom. The molecule has 0 amide bonds. The van der Waals surface area contributed by atoms with E-state index in [9.17, 15) is 0 Å². The maximum Gasteiger partial charge on any atom is 0.126 e. The second kappa shape index (κ2) is 5.33. The molecule has 0 radical (unpaired) electrons. The summed E-state index contributed by atoms with van der Waals surface area (Å²) < 4.78 is 0. The van der Waals surface area contributed by atoms with E-state index in [2.05, 4.69) is 54.5 Å². The molecule has 3 nitrogen and oxygen atoms in total. The molecule has 1 aromatic heterocycles. The van der Waals surface area contributed by atoms with Gasteiger partial charge in [0.15, 0.2) is 0 Å². The summed E-state index contributed by atoms with van der Waals surface area (Å²) in [6.07, 6.45) is 1.57. The van der Waals surface area contributed by atoms with E-state index in [0.717, 1.165) is 5.82 Å². The molecule has 18 heavy (non-hydrogen) atoms. The summed E-state index contributed by atoms with van der Waals surface area (Å²) in [4.78, 5) is 4.20. The molecule has 0 spiro atoms. The number of aryl methyl sites for hydroxylation is 1. The number of nitriles is 1. The molecule has 0 aliphatic heterocycles. The Morgan fingerprint density at radius 2 is 1.89 bits per heavy atom. The van der Waals surface area contributed by atoms with Crippen LogP contribution in [0, 0.1) is 18.3 Å². The summed E-state index contributed by atoms with van der Waals surface area (Å²) in [5, 5.41) is 12.0. The fraction of sp³-hybridized carbons (Fsp3) is 0.200. The molecule has 3 heteroatoms. The molecule has 1 N–H and O–H groups in total. The van der Waals surface area contributed by atoms with E-state index in [0.29, 0.717) is 5.56 Å². The molecule has 2 aromatic rings. The summed E-state index contributed by atoms with van der Waals surface area (Å²) in [6, 6.07) is 14.2. The van der Waals surface area contributed by atoms with Crippen LogP contribution in [0.25, 0.3) is 0 Å². The first-order valence-electron chi connectivity index (χ1n) is 5.88. The highest BCUT2D eigenvalue weighted by molar-refractivity contribution is 5.41. The number of benzene rings is 1. The summed E-state index contributed by atoms with van der Waals surface area (Å²) in [6.45, 7) is 4.16. The predicted octanol–water partition coefficient (Wildman–Crippen LogP) is 3.43. The van der Waals surface area contributed by atoms with Gasteiger partial charge in [0.05, 0.1) is 5.56 Å². The highest BCUT2D eigenvalue weighted by Gasteiger charge is 2.05. The lowest BCUT2D eigenvalue weighted by molar-refractivity contribution is 0.874. The molecule has 0 bridgehead atoms. The van der Waals surface area contributed by atoms with Gasteiger partial charge < -0.3 is 5.32 Å². The third-order valence-electron chi connectivity index (χ3n) is 2.83. The fourth-order valence-corrected chi connectivity index (χ4v) is 1.71. The average molecular weight is 237 g/mol. The van der Waals surface area contributed by atoms with E-state index in [4.69, 9.17) is 5.26 Å². The third kappa shape index (κ3) is 2.86. The van der Waals surface area contributed by atoms with Gasteiger partial charge in [0.25, 0.3) is 0 Å². The van der Waals surface area contributed by atoms with E-state index >= 15 is 0 Å². The number of nitrogens with zero attached hydrogens (tertiary/aromatic N) is 2. The molecule has 0 saturated carbocycles. The minimum atomic E-state index is 0.186. The normalized spacial score (nSPS) is 11.6. The van der Waals surface area contributed by atoms with Crippen LogP contribution in [0.4, 0.5) is 5.82 Å². The fourth-order valence-electron chi connectivity index (χ4n) is 1.71. The van der Waals surface area contributed by atoms with Crippen LogP contribution in [0.15, 0.2) is 42.6 Å². The molecule has 1 unspecified atom stereocenters. The highest BCUT2D eigenvalue weighted by atomic mass is 15.0. The lowest BCUT2D eigenvalue weighted by Gasteiger charge is -2.15. The molecule has 2 rings (SSSR count). The van der Waals surface area contributed by atoms with Crippen molar-refractivity contribution in [2.45, 2.75) is 19.9 Å². The lowest BCUT2D eigenvalue weighted by atomic mass is 10.1. The number of nitrogens with one attached hydrogen (secondary N) is 1. The van der Waals surface area contributed by atoms with Crippen LogP contribution in [0.3, 0.4) is 0 Å². The Labute approximate surface area is 107 Å². The molecule has 0 aliphatic carbocycles. The Kier molecular flexibility index (Phi) is 3.59. The van der Waals surface area contributed by atoms with Gasteiger partial charge in [-0.1, -0.05) is 29.8 Å². The summed E-state index contributed by atoms with van der Waals surface area (Å²) in [5.41, 5.74) is 3.04. The maximum atomic E-state index is 8.70. The van der Waals surface area contributed by atoms with Crippen molar-refractivity contribution >= 4 is 5.82 Å². The van der Waals surface area contributed by atoms with Crippen molar-refractivity contribution in [2.75, 3.05) is 5.32 Å². The molecule has 0 aliphatic rings. The van der Waals surface area contributed by atoms with E-state index in [1.165, 1.54) is 11.1 Å². The van der Waals surface area contributed by atoms with Gasteiger partial charge in [0, 0.05) is 12.2 Å². The minimum absolute atomic E-state index is 0.186. The number of hydrogen-bond donors (Lipinski definition) is 1. The molecule has 0 fully saturated rings. The van der Waals surface area contributed by atoms with Gasteiger partial charge >= 0.3 is 0 Å². The van der Waals surface area contributed by atoms with Gasteiger partial charge in [0.1, 0.15) is 11.9 Å². The van der Waals surface area contributed by atoms with Crippen LogP contribution >= 0.6 is 0 Å². The van der Waals surface area contributed by atoms with E-state index in [1.54, 1.807) is 12.3 Å². The largest absolute Gasteiger partial charge is 0.364 e. The zero-order chi connectivity index (χ0) is 13.0. The molecule has 0 saturated heterocycles. The minimum Gasteiger partial charge on any atom is -0.364 e. The smallest absolute Gasteiger partial charge is 0.126 e. The lowest BCUT2D eigenvalue weighted by Crippen LogP contribution is -2.07. The number of aromatic nitrogens is 1. The summed E-state index contributed by atoms with van der Waals surface area (Å²) in [5.74, 6) is 0.780. The molecular weight excluding hydrogens is 222 g/mol. The SMILES string of the molecule is Cc1ccc(C(C)Nc2ccc(C#N)cn2)cc1. The number of hydrogen-bond acceptors (Lipinski definition) is 3. The van der Waals surface area contributed by atoms with Crippen LogP contribution in [-0.2, 0) is 0 Å². The predicted molar refractivity (Wildman–Crippen MR) is 72.2 cm³/mol. The van der Waals surface area contributed by atoms with Crippen LogP contribution in [0.2, 0.25) is 0 Å². The van der Waals surface area contributed by atoms with Crippen LogP contribution < -0.4 is 5.32 Å². The Morgan fingerprint density at radius 1 is 1.17 bits per heavy atom. The van der Waals surface area contributed by atoms with Crippen molar-refractivity contribution in [2.24, 2.45) is 0 Å².